The highest BCUT2D eigenvalue weighted by Crippen LogP contribution is 2.40. The van der Waals surface area contributed by atoms with Crippen molar-refractivity contribution in [1.29, 1.82) is 0 Å². The first-order valence-corrected chi connectivity index (χ1v) is 8.60. The van der Waals surface area contributed by atoms with E-state index >= 15 is 0 Å². The molecule has 152 valence electrons. The fourth-order valence-electron chi connectivity index (χ4n) is 2.45. The van der Waals surface area contributed by atoms with Crippen LogP contribution in [0.4, 0.5) is 18.2 Å². The fraction of sp³-hybridized carbons (Fsp3) is 0.125. The number of fused-ring (bicyclic) bond motifs is 1. The van der Waals surface area contributed by atoms with Gasteiger partial charge in [-0.2, -0.15) is 13.2 Å². The molecule has 0 radical (unpaired) electrons. The van der Waals surface area contributed by atoms with Crippen molar-refractivity contribution in [2.24, 2.45) is 10.7 Å². The van der Waals surface area contributed by atoms with Crippen LogP contribution in [-0.4, -0.2) is 28.8 Å². The number of alkyl halides is 3. The molecule has 2 aromatic heterocycles. The number of aromatic nitrogens is 1. The molecule has 0 saturated carbocycles. The van der Waals surface area contributed by atoms with Gasteiger partial charge in [0.25, 0.3) is 5.91 Å². The minimum Gasteiger partial charge on any atom is -0.446 e. The number of aliphatic imine (C=N–C) groups is 1. The lowest BCUT2D eigenvalue weighted by atomic mass is 10.1. The van der Waals surface area contributed by atoms with Gasteiger partial charge in [0.15, 0.2) is 11.0 Å². The summed E-state index contributed by atoms with van der Waals surface area (Å²) in [4.78, 5) is 28.3. The molecule has 1 aromatic carbocycles. The van der Waals surface area contributed by atoms with Gasteiger partial charge in [-0.05, 0) is 29.5 Å². The third-order valence-electron chi connectivity index (χ3n) is 3.71. The molecule has 0 aliphatic rings. The molecule has 3 rings (SSSR count). The summed E-state index contributed by atoms with van der Waals surface area (Å²) >= 11 is 0.670. The van der Waals surface area contributed by atoms with Gasteiger partial charge in [-0.25, -0.2) is 0 Å². The molecule has 13 heteroatoms. The first-order valence-electron chi connectivity index (χ1n) is 7.78. The molecule has 0 spiro atoms. The summed E-state index contributed by atoms with van der Waals surface area (Å²) in [6, 6.07) is 5.51. The van der Waals surface area contributed by atoms with Gasteiger partial charge in [-0.15, -0.1) is 0 Å². The number of hydrogen-bond acceptors (Lipinski definition) is 6. The Bertz CT molecular complexity index is 1140. The summed E-state index contributed by atoms with van der Waals surface area (Å²) in [6.07, 6.45) is -4.74. The summed E-state index contributed by atoms with van der Waals surface area (Å²) in [7, 11) is 1.33. The van der Waals surface area contributed by atoms with E-state index in [2.05, 4.69) is 15.3 Å². The molecule has 0 atom stereocenters. The molecule has 0 bridgehead atoms. The van der Waals surface area contributed by atoms with E-state index < -0.39 is 22.6 Å². The van der Waals surface area contributed by atoms with Crippen molar-refractivity contribution in [3.05, 3.63) is 51.7 Å². The molecule has 2 heterocycles. The third-order valence-corrected chi connectivity index (χ3v) is 4.62. The number of carbonyl (C=O) groups excluding carboxylic acids is 1. The number of H-pyrrole nitrogens is 1. The van der Waals surface area contributed by atoms with Crippen molar-refractivity contribution in [1.82, 2.24) is 10.3 Å². The van der Waals surface area contributed by atoms with Crippen molar-refractivity contribution in [3.63, 3.8) is 0 Å². The number of nitrogens with two attached hydrogens (primary N) is 1. The van der Waals surface area contributed by atoms with E-state index in [1.807, 2.05) is 0 Å². The minimum absolute atomic E-state index is 0.0157. The van der Waals surface area contributed by atoms with E-state index in [-0.39, 0.29) is 38.4 Å². The second-order valence-electron chi connectivity index (χ2n) is 5.63. The highest BCUT2D eigenvalue weighted by Gasteiger charge is 2.34. The number of guanidine groups is 1. The molecule has 3 aromatic rings. The van der Waals surface area contributed by atoms with Crippen molar-refractivity contribution in [3.8, 4) is 10.8 Å². The first-order chi connectivity index (χ1) is 13.6. The number of rotatable bonds is 4. The van der Waals surface area contributed by atoms with E-state index in [4.69, 9.17) is 10.5 Å². The predicted molar refractivity (Wildman–Crippen MR) is 99.4 cm³/mol. The summed E-state index contributed by atoms with van der Waals surface area (Å²) < 4.78 is 45.9. The van der Waals surface area contributed by atoms with E-state index in [9.17, 15) is 28.1 Å². The Hall–Kier alpha value is -3.61. The maximum atomic E-state index is 13.5. The molecule has 9 nitrogen and oxygen atoms in total. The number of ether oxygens (including phenoxy) is 1. The number of aromatic amines is 1. The van der Waals surface area contributed by atoms with Crippen LogP contribution in [0.2, 0.25) is 0 Å². The second kappa shape index (κ2) is 7.43. The smallest absolute Gasteiger partial charge is 0.417 e. The number of hydrogen-bond donors (Lipinski definition) is 3. The molecule has 0 fully saturated rings. The number of halogens is 3. The molecule has 29 heavy (non-hydrogen) atoms. The molecule has 0 unspecified atom stereocenters. The van der Waals surface area contributed by atoms with Crippen molar-refractivity contribution < 1.29 is 27.6 Å². The Morgan fingerprint density at radius 2 is 2.07 bits per heavy atom. The monoisotopic (exact) mass is 427 g/mol. The number of benzene rings is 1. The summed E-state index contributed by atoms with van der Waals surface area (Å²) in [5.74, 6) is -1.17. The van der Waals surface area contributed by atoms with Gasteiger partial charge in [-0.3, -0.25) is 25.2 Å². The standard InChI is InChI=1S/C16H12F3N5O4S/c1-21-15(20)23-14(25)11-6-8-9(16(17,18)19)4-7(5-10(8)22-11)28-13-3-2-12(29-13)24(26)27/h2-6,22H,1H3,(H3,20,21,23,25). The number of nitrogens with one attached hydrogen (secondary N) is 2. The predicted octanol–water partition coefficient (Wildman–Crippen LogP) is 3.62. The quantitative estimate of drug-likeness (QED) is 0.253. The molecular weight excluding hydrogens is 415 g/mol. The lowest BCUT2D eigenvalue weighted by Gasteiger charge is -2.10. The van der Waals surface area contributed by atoms with Crippen LogP contribution in [0.3, 0.4) is 0 Å². The first kappa shape index (κ1) is 20.1. The fourth-order valence-corrected chi connectivity index (χ4v) is 3.14. The average molecular weight is 427 g/mol. The van der Waals surface area contributed by atoms with E-state index in [0.29, 0.717) is 11.3 Å². The third kappa shape index (κ3) is 4.29. The van der Waals surface area contributed by atoms with Crippen molar-refractivity contribution in [2.75, 3.05) is 7.05 Å². The zero-order valence-electron chi connectivity index (χ0n) is 14.5. The van der Waals surface area contributed by atoms with Gasteiger partial charge in [0, 0.05) is 24.6 Å². The van der Waals surface area contributed by atoms with Crippen LogP contribution in [0.1, 0.15) is 16.1 Å². The maximum Gasteiger partial charge on any atom is 0.417 e. The molecule has 0 aliphatic carbocycles. The zero-order valence-corrected chi connectivity index (χ0v) is 15.4. The van der Waals surface area contributed by atoms with Crippen LogP contribution in [0.15, 0.2) is 35.3 Å². The van der Waals surface area contributed by atoms with Gasteiger partial charge < -0.3 is 15.5 Å². The van der Waals surface area contributed by atoms with Crippen LogP contribution in [0.25, 0.3) is 10.9 Å². The molecule has 0 saturated heterocycles. The second-order valence-corrected chi connectivity index (χ2v) is 6.65. The highest BCUT2D eigenvalue weighted by molar-refractivity contribution is 7.17. The number of thiophene rings is 1. The van der Waals surface area contributed by atoms with E-state index in [0.717, 1.165) is 12.1 Å². The van der Waals surface area contributed by atoms with Gasteiger partial charge >= 0.3 is 11.2 Å². The van der Waals surface area contributed by atoms with Crippen molar-refractivity contribution >= 4 is 39.1 Å². The average Bonchev–Trinajstić information content (AvgIpc) is 3.27. The Morgan fingerprint density at radius 1 is 1.34 bits per heavy atom. The zero-order chi connectivity index (χ0) is 21.3. The molecule has 4 N–H and O–H groups in total. The molecule has 0 aliphatic heterocycles. The van der Waals surface area contributed by atoms with Gasteiger partial charge in [-0.1, -0.05) is 0 Å². The summed E-state index contributed by atoms with van der Waals surface area (Å²) in [5.41, 5.74) is 4.18. The number of amides is 1. The normalized spacial score (nSPS) is 12.2. The lowest BCUT2D eigenvalue weighted by molar-refractivity contribution is -0.380. The van der Waals surface area contributed by atoms with Crippen LogP contribution >= 0.6 is 11.3 Å². The Kier molecular flexibility index (Phi) is 5.16. The molecular formula is C16H12F3N5O4S. The van der Waals surface area contributed by atoms with Crippen LogP contribution in [0, 0.1) is 10.1 Å². The largest absolute Gasteiger partial charge is 0.446 e. The summed E-state index contributed by atoms with van der Waals surface area (Å²) in [6.45, 7) is 0. The van der Waals surface area contributed by atoms with Gasteiger partial charge in [0.1, 0.15) is 11.4 Å². The lowest BCUT2D eigenvalue weighted by Crippen LogP contribution is -2.36. The van der Waals surface area contributed by atoms with Crippen molar-refractivity contribution in [2.45, 2.75) is 6.18 Å². The highest BCUT2D eigenvalue weighted by atomic mass is 32.1. The van der Waals surface area contributed by atoms with Crippen LogP contribution in [0.5, 0.6) is 10.8 Å². The van der Waals surface area contributed by atoms with Gasteiger partial charge in [0.2, 0.25) is 0 Å². The number of carbonyl (C=O) groups is 1. The SMILES string of the molecule is CN=C(N)NC(=O)c1cc2c(C(F)(F)F)cc(Oc3ccc([N+](=O)[O-])s3)cc2[nH]1. The number of nitrogens with zero attached hydrogens (tertiary/aromatic N) is 2. The van der Waals surface area contributed by atoms with E-state index in [1.165, 1.54) is 25.2 Å². The van der Waals surface area contributed by atoms with E-state index in [1.54, 1.807) is 0 Å². The van der Waals surface area contributed by atoms with Crippen LogP contribution < -0.4 is 15.8 Å². The number of nitro groups is 1. The minimum atomic E-state index is -4.74. The maximum absolute atomic E-state index is 13.5. The molecule has 1 amide bonds. The van der Waals surface area contributed by atoms with Crippen LogP contribution in [-0.2, 0) is 6.18 Å². The Morgan fingerprint density at radius 3 is 2.66 bits per heavy atom. The summed E-state index contributed by atoms with van der Waals surface area (Å²) in [5, 5.41) is 12.5. The van der Waals surface area contributed by atoms with Gasteiger partial charge in [0.05, 0.1) is 16.0 Å². The Labute approximate surface area is 164 Å². The topological polar surface area (TPSA) is 136 Å². The Balaban J connectivity index is 2.03.